The highest BCUT2D eigenvalue weighted by Gasteiger charge is 2.34. The molecule has 14 nitrogen and oxygen atoms in total. The summed E-state index contributed by atoms with van der Waals surface area (Å²) in [6, 6.07) is 48.6. The zero-order valence-electron chi connectivity index (χ0n) is 47.7. The first-order valence-corrected chi connectivity index (χ1v) is 29.2. The van der Waals surface area contributed by atoms with Crippen LogP contribution in [0.2, 0.25) is 0 Å². The molecule has 0 radical (unpaired) electrons. The van der Waals surface area contributed by atoms with Crippen molar-refractivity contribution in [2.24, 2.45) is 16.5 Å². The number of amides is 4. The molecule has 3 aliphatic rings. The highest BCUT2D eigenvalue weighted by molar-refractivity contribution is 5.98. The van der Waals surface area contributed by atoms with E-state index in [1.54, 1.807) is 6.08 Å². The molecule has 426 valence electrons. The predicted molar refractivity (Wildman–Crippen MR) is 328 cm³/mol. The van der Waals surface area contributed by atoms with Gasteiger partial charge in [-0.05, 0) is 130 Å². The van der Waals surface area contributed by atoms with Crippen LogP contribution < -0.4 is 32.7 Å². The minimum absolute atomic E-state index is 0.0175. The van der Waals surface area contributed by atoms with Crippen molar-refractivity contribution in [1.82, 2.24) is 36.0 Å². The van der Waals surface area contributed by atoms with E-state index in [0.29, 0.717) is 64.2 Å². The molecule has 0 saturated carbocycles. The fourth-order valence-corrected chi connectivity index (χ4v) is 11.4. The van der Waals surface area contributed by atoms with Crippen LogP contribution in [0.4, 0.5) is 0 Å². The summed E-state index contributed by atoms with van der Waals surface area (Å²) >= 11 is 0. The van der Waals surface area contributed by atoms with Gasteiger partial charge in [0, 0.05) is 82.0 Å². The minimum atomic E-state index is -0.375. The smallest absolute Gasteiger partial charge is 0.251 e. The van der Waals surface area contributed by atoms with E-state index >= 15 is 0 Å². The van der Waals surface area contributed by atoms with Gasteiger partial charge in [0.1, 0.15) is 0 Å². The lowest BCUT2D eigenvalue weighted by atomic mass is 9.90. The number of carbonyl (C=O) groups excluding carboxylic acids is 4. The average Bonchev–Trinajstić information content (AvgIpc) is 3.77. The number of fused-ring (bicyclic) bond motifs is 1. The lowest BCUT2D eigenvalue weighted by Crippen LogP contribution is -2.50. The zero-order chi connectivity index (χ0) is 56.9. The number of nitrogens with two attached hydrogens (primary N) is 2. The molecule has 0 unspecified atom stereocenters. The molecule has 3 saturated heterocycles. The van der Waals surface area contributed by atoms with Crippen molar-refractivity contribution in [3.8, 4) is 0 Å². The van der Waals surface area contributed by atoms with Gasteiger partial charge in [-0.1, -0.05) is 157 Å². The van der Waals surface area contributed by atoms with E-state index in [1.165, 1.54) is 47.1 Å². The Kier molecular flexibility index (Phi) is 22.2. The van der Waals surface area contributed by atoms with E-state index in [0.717, 1.165) is 60.8 Å². The Balaban J connectivity index is 0.000000214. The Morgan fingerprint density at radius 3 is 1.89 bits per heavy atom. The van der Waals surface area contributed by atoms with Crippen LogP contribution in [0.15, 0.2) is 157 Å². The summed E-state index contributed by atoms with van der Waals surface area (Å²) in [6.45, 7) is 13.2. The van der Waals surface area contributed by atoms with Crippen LogP contribution in [-0.2, 0) is 20.9 Å². The number of carbonyl (C=O) groups is 4. The first-order valence-electron chi connectivity index (χ1n) is 29.2. The third kappa shape index (κ3) is 18.4. The fraction of sp³-hybridized carbons (Fsp3) is 0.388. The Hall–Kier alpha value is -7.65. The molecule has 3 heterocycles. The number of piperidine rings is 1. The number of guanidine groups is 1. The first-order chi connectivity index (χ1) is 39.3. The van der Waals surface area contributed by atoms with Gasteiger partial charge in [-0.25, -0.2) is 0 Å². The van der Waals surface area contributed by atoms with Crippen molar-refractivity contribution in [2.75, 3.05) is 58.9 Å². The topological polar surface area (TPSA) is 191 Å². The average molecular weight is 1090 g/mol. The number of nitrogens with zero attached hydrogens (tertiary/aromatic N) is 4. The molecule has 6 aromatic carbocycles. The summed E-state index contributed by atoms with van der Waals surface area (Å²) in [6.07, 6.45) is 10.8. The van der Waals surface area contributed by atoms with Crippen molar-refractivity contribution in [3.05, 3.63) is 196 Å². The normalized spacial score (nSPS) is 18.9. The van der Waals surface area contributed by atoms with Crippen LogP contribution in [0.3, 0.4) is 0 Å². The van der Waals surface area contributed by atoms with Gasteiger partial charge in [0.2, 0.25) is 17.7 Å². The van der Waals surface area contributed by atoms with E-state index < -0.39 is 0 Å². The van der Waals surface area contributed by atoms with Crippen molar-refractivity contribution in [1.29, 1.82) is 0 Å². The Morgan fingerprint density at radius 2 is 1.23 bits per heavy atom. The molecular weight excluding hydrogens is 1010 g/mol. The van der Waals surface area contributed by atoms with E-state index in [-0.39, 0.29) is 59.7 Å². The van der Waals surface area contributed by atoms with E-state index in [4.69, 9.17) is 11.5 Å². The SMILES string of the molecule is Cc1cc(C)cc(CN2CC[C@@H](CNC(=O)c3ccc4ccccc4c3)N[C@@H](CCCN=C(N)N)C2=O)c1.Cc1ccc(/C=C/C(=O)NC[C@@H]2CCN(CC(c3ccccc3)c3ccccc3)C(=O)[C@H](CCN3CCCCC3)N2)cc1. The highest BCUT2D eigenvalue weighted by Crippen LogP contribution is 2.28. The van der Waals surface area contributed by atoms with Crippen LogP contribution in [0.1, 0.15) is 107 Å². The van der Waals surface area contributed by atoms with Crippen LogP contribution in [0.5, 0.6) is 0 Å². The highest BCUT2D eigenvalue weighted by atomic mass is 16.2. The minimum Gasteiger partial charge on any atom is -0.370 e. The van der Waals surface area contributed by atoms with Crippen LogP contribution >= 0.6 is 0 Å². The van der Waals surface area contributed by atoms with E-state index in [2.05, 4.69) is 124 Å². The van der Waals surface area contributed by atoms with Crippen molar-refractivity contribution in [3.63, 3.8) is 0 Å². The summed E-state index contributed by atoms with van der Waals surface area (Å²) in [7, 11) is 0. The number of hydrogen-bond donors (Lipinski definition) is 6. The third-order valence-corrected chi connectivity index (χ3v) is 15.7. The molecule has 14 heteroatoms. The second kappa shape index (κ2) is 30.2. The van der Waals surface area contributed by atoms with Gasteiger partial charge in [-0.2, -0.15) is 0 Å². The predicted octanol–water partition coefficient (Wildman–Crippen LogP) is 8.39. The van der Waals surface area contributed by atoms with Gasteiger partial charge in [0.15, 0.2) is 5.96 Å². The maximum Gasteiger partial charge on any atom is 0.251 e. The Labute approximate surface area is 479 Å². The number of likely N-dealkylation sites (tertiary alicyclic amines) is 1. The van der Waals surface area contributed by atoms with Crippen molar-refractivity contribution < 1.29 is 19.2 Å². The summed E-state index contributed by atoms with van der Waals surface area (Å²) < 4.78 is 0. The van der Waals surface area contributed by atoms with Crippen LogP contribution in [-0.4, -0.2) is 127 Å². The number of aryl methyl sites for hydroxylation is 3. The first kappa shape index (κ1) is 59.5. The second-order valence-electron chi connectivity index (χ2n) is 22.2. The number of rotatable bonds is 20. The molecule has 0 bridgehead atoms. The van der Waals surface area contributed by atoms with Crippen molar-refractivity contribution in [2.45, 2.75) is 109 Å². The quantitative estimate of drug-likeness (QED) is 0.0189. The monoisotopic (exact) mass is 1090 g/mol. The molecule has 0 spiro atoms. The molecule has 3 aliphatic heterocycles. The van der Waals surface area contributed by atoms with Crippen LogP contribution in [0.25, 0.3) is 16.8 Å². The molecule has 4 amide bonds. The third-order valence-electron chi connectivity index (χ3n) is 15.7. The molecule has 81 heavy (non-hydrogen) atoms. The second-order valence-corrected chi connectivity index (χ2v) is 22.2. The molecule has 9 rings (SSSR count). The van der Waals surface area contributed by atoms with Crippen molar-refractivity contribution >= 4 is 46.4 Å². The number of benzene rings is 6. The van der Waals surface area contributed by atoms with Gasteiger partial charge >= 0.3 is 0 Å². The Bertz CT molecular complexity index is 2990. The van der Waals surface area contributed by atoms with Gasteiger partial charge < -0.3 is 47.4 Å². The molecule has 6 aromatic rings. The van der Waals surface area contributed by atoms with E-state index in [9.17, 15) is 19.2 Å². The summed E-state index contributed by atoms with van der Waals surface area (Å²) in [4.78, 5) is 63.9. The molecule has 4 atom stereocenters. The molecule has 3 fully saturated rings. The van der Waals surface area contributed by atoms with Gasteiger partial charge in [0.05, 0.1) is 12.1 Å². The zero-order valence-corrected chi connectivity index (χ0v) is 47.7. The maximum atomic E-state index is 14.1. The summed E-state index contributed by atoms with van der Waals surface area (Å²) in [5.41, 5.74) is 19.7. The fourth-order valence-electron chi connectivity index (χ4n) is 11.4. The van der Waals surface area contributed by atoms with E-state index in [1.807, 2.05) is 89.8 Å². The summed E-state index contributed by atoms with van der Waals surface area (Å²) in [5, 5.41) is 15.5. The van der Waals surface area contributed by atoms with Gasteiger partial charge in [-0.3, -0.25) is 24.2 Å². The number of nitrogens with one attached hydrogen (secondary N) is 4. The molecule has 0 aliphatic carbocycles. The standard InChI is InChI=1S/C37H46N4O2.C30H38N6O2/c1-29-15-17-30(18-16-29)19-20-36(42)38-27-33-21-26-41(37(43)35(39-33)22-25-40-23-9-4-10-24-40)28-34(31-11-5-2-6-12-31)32-13-7-3-8-14-32;1-20-14-21(2)16-22(15-20)19-36-13-11-26(35-27(29(36)38)8-5-12-33-30(31)32)18-34-28(37)25-10-9-23-6-3-4-7-24(23)17-25/h2-3,5-8,11-20,33-35,39H,4,9-10,21-28H2,1H3,(H,38,42);3-4,6-7,9-10,14-17,26-27,35H,5,8,11-13,18-19H2,1-2H3,(H,34,37)(H4,31,32,33)/b20-19+;/t33-,35-;26-,27-/m00/s1. The molecule has 0 aromatic heterocycles. The Morgan fingerprint density at radius 1 is 0.642 bits per heavy atom. The number of hydrogen-bond acceptors (Lipinski definition) is 8. The lowest BCUT2D eigenvalue weighted by molar-refractivity contribution is -0.134. The molecule has 8 N–H and O–H groups in total. The maximum absolute atomic E-state index is 14.1. The van der Waals surface area contributed by atoms with Gasteiger partial charge in [0.25, 0.3) is 5.91 Å². The summed E-state index contributed by atoms with van der Waals surface area (Å²) in [5.74, 6) is 0.143. The number of aliphatic imine (C=N–C) groups is 1. The largest absolute Gasteiger partial charge is 0.370 e. The van der Waals surface area contributed by atoms with Gasteiger partial charge in [-0.15, -0.1) is 0 Å². The lowest BCUT2D eigenvalue weighted by Gasteiger charge is -2.31. The van der Waals surface area contributed by atoms with Crippen LogP contribution in [0, 0.1) is 20.8 Å². The molecular formula is C67H84N10O4.